The van der Waals surface area contributed by atoms with Gasteiger partial charge in [-0.2, -0.15) is 0 Å². The number of anilines is 2. The molecule has 2 amide bonds. The number of rotatable bonds is 2. The molecule has 3 heterocycles. The van der Waals surface area contributed by atoms with Crippen molar-refractivity contribution in [3.05, 3.63) is 22.8 Å². The minimum atomic E-state index is -0.451. The van der Waals surface area contributed by atoms with E-state index in [4.69, 9.17) is 5.73 Å². The average Bonchev–Trinajstić information content (AvgIpc) is 2.79. The van der Waals surface area contributed by atoms with Crippen LogP contribution in [-0.4, -0.2) is 35.4 Å². The minimum absolute atomic E-state index is 0.116. The monoisotopic (exact) mass is 303 g/mol. The number of fused-ring (bicyclic) bond motifs is 1. The van der Waals surface area contributed by atoms with Crippen molar-refractivity contribution in [3.63, 3.8) is 0 Å². The molecule has 0 aromatic carbocycles. The second-order valence-electron chi connectivity index (χ2n) is 4.81. The highest BCUT2D eigenvalue weighted by Gasteiger charge is 2.26. The minimum Gasteiger partial charge on any atom is -0.365 e. The van der Waals surface area contributed by atoms with E-state index < -0.39 is 5.91 Å². The Morgan fingerprint density at radius 1 is 1.48 bits per heavy atom. The molecule has 1 aliphatic heterocycles. The number of primary amides is 1. The Bertz CT molecular complexity index is 755. The zero-order valence-corrected chi connectivity index (χ0v) is 12.3. The Labute approximate surface area is 124 Å². The fraction of sp³-hybridized carbons (Fsp3) is 0.231. The van der Waals surface area contributed by atoms with Crippen LogP contribution in [0.3, 0.4) is 0 Å². The van der Waals surface area contributed by atoms with Gasteiger partial charge in [-0.05, 0) is 18.6 Å². The Kier molecular flexibility index (Phi) is 3.09. The topological polar surface area (TPSA) is 101 Å². The fourth-order valence-corrected chi connectivity index (χ4v) is 3.34. The molecule has 2 aromatic heterocycles. The van der Waals surface area contributed by atoms with E-state index in [9.17, 15) is 9.59 Å². The second-order valence-corrected chi connectivity index (χ2v) is 5.86. The van der Waals surface area contributed by atoms with Crippen molar-refractivity contribution in [3.8, 4) is 10.6 Å². The van der Waals surface area contributed by atoms with Crippen LogP contribution in [0.15, 0.2) is 12.4 Å². The van der Waals surface area contributed by atoms with Crippen molar-refractivity contribution < 1.29 is 9.59 Å². The van der Waals surface area contributed by atoms with Crippen molar-refractivity contribution >= 4 is 34.7 Å². The number of likely N-dealkylation sites (N-methyl/N-ethyl adjacent to an activating group) is 1. The third kappa shape index (κ3) is 2.23. The SMILES string of the molecule is Cc1cc(-c2ncnc3c2N(C)CC(=O)N3)sc1C(N)=O. The summed E-state index contributed by atoms with van der Waals surface area (Å²) in [4.78, 5) is 34.5. The maximum Gasteiger partial charge on any atom is 0.259 e. The molecule has 0 radical (unpaired) electrons. The zero-order valence-electron chi connectivity index (χ0n) is 11.5. The number of aromatic nitrogens is 2. The molecule has 0 spiro atoms. The van der Waals surface area contributed by atoms with Crippen LogP contribution in [0.2, 0.25) is 0 Å². The van der Waals surface area contributed by atoms with Crippen LogP contribution >= 0.6 is 11.3 Å². The van der Waals surface area contributed by atoms with Gasteiger partial charge in [-0.25, -0.2) is 9.97 Å². The lowest BCUT2D eigenvalue weighted by Gasteiger charge is -2.27. The molecule has 0 bridgehead atoms. The van der Waals surface area contributed by atoms with Crippen LogP contribution in [0, 0.1) is 6.92 Å². The van der Waals surface area contributed by atoms with Gasteiger partial charge in [0.15, 0.2) is 5.82 Å². The first-order chi connectivity index (χ1) is 9.97. The number of aryl methyl sites for hydroxylation is 1. The summed E-state index contributed by atoms with van der Waals surface area (Å²) < 4.78 is 0. The maximum atomic E-state index is 11.6. The summed E-state index contributed by atoms with van der Waals surface area (Å²) in [6.07, 6.45) is 1.40. The number of hydrogen-bond acceptors (Lipinski definition) is 6. The van der Waals surface area contributed by atoms with Gasteiger partial charge in [0, 0.05) is 7.05 Å². The number of nitrogens with two attached hydrogens (primary N) is 1. The lowest BCUT2D eigenvalue weighted by Crippen LogP contribution is -2.36. The van der Waals surface area contributed by atoms with Gasteiger partial charge in [0.1, 0.15) is 17.7 Å². The van der Waals surface area contributed by atoms with Gasteiger partial charge in [0.25, 0.3) is 5.91 Å². The predicted molar refractivity (Wildman–Crippen MR) is 80.5 cm³/mol. The van der Waals surface area contributed by atoms with Gasteiger partial charge in [-0.1, -0.05) is 0 Å². The molecule has 3 N–H and O–H groups in total. The number of nitrogens with one attached hydrogen (secondary N) is 1. The van der Waals surface area contributed by atoms with Crippen LogP contribution in [-0.2, 0) is 4.79 Å². The molecule has 0 fully saturated rings. The predicted octanol–water partition coefficient (Wildman–Crippen LogP) is 1.00. The first-order valence-corrected chi connectivity index (χ1v) is 7.05. The molecule has 7 nitrogen and oxygen atoms in total. The molecule has 0 saturated heterocycles. The number of carbonyl (C=O) groups excluding carboxylic acids is 2. The summed E-state index contributed by atoms with van der Waals surface area (Å²) in [7, 11) is 1.81. The van der Waals surface area contributed by atoms with Crippen LogP contribution in [0.1, 0.15) is 15.2 Å². The molecule has 3 rings (SSSR count). The normalized spacial score (nSPS) is 13.8. The van der Waals surface area contributed by atoms with Crippen molar-refractivity contribution in [1.82, 2.24) is 9.97 Å². The first kappa shape index (κ1) is 13.5. The first-order valence-electron chi connectivity index (χ1n) is 6.24. The van der Waals surface area contributed by atoms with E-state index in [0.717, 1.165) is 16.1 Å². The molecule has 2 aromatic rings. The summed E-state index contributed by atoms with van der Waals surface area (Å²) in [6.45, 7) is 2.07. The highest BCUT2D eigenvalue weighted by Crippen LogP contribution is 2.39. The van der Waals surface area contributed by atoms with E-state index in [2.05, 4.69) is 15.3 Å². The van der Waals surface area contributed by atoms with E-state index in [1.54, 1.807) is 11.9 Å². The molecular formula is C13H13N5O2S. The lowest BCUT2D eigenvalue weighted by molar-refractivity contribution is -0.115. The van der Waals surface area contributed by atoms with E-state index in [1.165, 1.54) is 17.7 Å². The van der Waals surface area contributed by atoms with Crippen LogP contribution in [0.25, 0.3) is 10.6 Å². The fourth-order valence-electron chi connectivity index (χ4n) is 2.32. The molecule has 8 heteroatoms. The molecular weight excluding hydrogens is 290 g/mol. The highest BCUT2D eigenvalue weighted by molar-refractivity contribution is 7.17. The summed E-state index contributed by atoms with van der Waals surface area (Å²) in [5.74, 6) is -0.0893. The summed E-state index contributed by atoms with van der Waals surface area (Å²) >= 11 is 1.29. The van der Waals surface area contributed by atoms with E-state index in [0.29, 0.717) is 16.4 Å². The standard InChI is InChI=1S/C13H13N5O2S/c1-6-3-7(21-11(6)12(14)20)9-10-13(16-5-15-9)17-8(19)4-18(10)2/h3,5H,4H2,1-2H3,(H2,14,20)(H,15,16,17,19). The molecule has 0 aliphatic carbocycles. The van der Waals surface area contributed by atoms with Crippen molar-refractivity contribution in [1.29, 1.82) is 0 Å². The van der Waals surface area contributed by atoms with Gasteiger partial charge >= 0.3 is 0 Å². The van der Waals surface area contributed by atoms with Crippen LogP contribution < -0.4 is 16.0 Å². The maximum absolute atomic E-state index is 11.6. The highest BCUT2D eigenvalue weighted by atomic mass is 32.1. The Morgan fingerprint density at radius 2 is 2.24 bits per heavy atom. The smallest absolute Gasteiger partial charge is 0.259 e. The third-order valence-electron chi connectivity index (χ3n) is 3.22. The Hall–Kier alpha value is -2.48. The van der Waals surface area contributed by atoms with Crippen molar-refractivity contribution in [2.24, 2.45) is 5.73 Å². The number of thiophene rings is 1. The lowest BCUT2D eigenvalue weighted by atomic mass is 10.2. The molecule has 0 atom stereocenters. The number of carbonyl (C=O) groups is 2. The quantitative estimate of drug-likeness (QED) is 0.862. The third-order valence-corrected chi connectivity index (χ3v) is 4.48. The van der Waals surface area contributed by atoms with Crippen LogP contribution in [0.4, 0.5) is 11.5 Å². The van der Waals surface area contributed by atoms with Crippen molar-refractivity contribution in [2.45, 2.75) is 6.92 Å². The number of nitrogens with zero attached hydrogens (tertiary/aromatic N) is 3. The molecule has 1 aliphatic rings. The van der Waals surface area contributed by atoms with Gasteiger partial charge in [0.05, 0.1) is 16.3 Å². The van der Waals surface area contributed by atoms with E-state index in [1.807, 2.05) is 13.0 Å². The summed E-state index contributed by atoms with van der Waals surface area (Å²) in [5, 5.41) is 2.73. The average molecular weight is 303 g/mol. The number of amides is 2. The van der Waals surface area contributed by atoms with E-state index in [-0.39, 0.29) is 12.5 Å². The Morgan fingerprint density at radius 3 is 2.90 bits per heavy atom. The molecule has 21 heavy (non-hydrogen) atoms. The molecule has 0 saturated carbocycles. The Balaban J connectivity index is 2.16. The van der Waals surface area contributed by atoms with Gasteiger partial charge < -0.3 is 16.0 Å². The molecule has 108 valence electrons. The largest absolute Gasteiger partial charge is 0.365 e. The molecule has 0 unspecified atom stereocenters. The van der Waals surface area contributed by atoms with Crippen LogP contribution in [0.5, 0.6) is 0 Å². The van der Waals surface area contributed by atoms with Gasteiger partial charge in [0.2, 0.25) is 5.91 Å². The zero-order chi connectivity index (χ0) is 15.1. The number of hydrogen-bond donors (Lipinski definition) is 2. The summed E-state index contributed by atoms with van der Waals surface area (Å²) in [6, 6.07) is 1.87. The van der Waals surface area contributed by atoms with Gasteiger partial charge in [-0.3, -0.25) is 9.59 Å². The van der Waals surface area contributed by atoms with Crippen molar-refractivity contribution in [2.75, 3.05) is 23.8 Å². The summed E-state index contributed by atoms with van der Waals surface area (Å²) in [5.41, 5.74) is 7.61. The second kappa shape index (κ2) is 4.81. The van der Waals surface area contributed by atoms with Gasteiger partial charge in [-0.15, -0.1) is 11.3 Å². The van der Waals surface area contributed by atoms with E-state index >= 15 is 0 Å².